The maximum Gasteiger partial charge on any atom is 0.272 e. The normalized spacial score (nSPS) is 13.6. The van der Waals surface area contributed by atoms with Gasteiger partial charge in [-0.25, -0.2) is 0 Å². The second-order valence-electron chi connectivity index (χ2n) is 5.75. The van der Waals surface area contributed by atoms with Crippen LogP contribution in [0.25, 0.3) is 16.3 Å². The van der Waals surface area contributed by atoms with Crippen LogP contribution in [0.3, 0.4) is 0 Å². The van der Waals surface area contributed by atoms with Gasteiger partial charge in [-0.3, -0.25) is 14.9 Å². The number of carbonyl (C=O) groups excluding carboxylic acids is 1. The number of nitro groups is 1. The van der Waals surface area contributed by atoms with Crippen LogP contribution >= 0.6 is 11.3 Å². The molecule has 0 atom stereocenters. The molecule has 0 bridgehead atoms. The van der Waals surface area contributed by atoms with E-state index in [-0.39, 0.29) is 12.5 Å². The molecule has 0 N–H and O–H groups in total. The summed E-state index contributed by atoms with van der Waals surface area (Å²) in [4.78, 5) is 27.0. The molecule has 1 amide bonds. The SMILES string of the molecule is Cn1c(=NC(=O)/C=C\c2ccc([N+](=O)[O-])cc2)sc2cc3c(cc21)OCO3. The van der Waals surface area contributed by atoms with Crippen LogP contribution in [0.5, 0.6) is 11.5 Å². The lowest BCUT2D eigenvalue weighted by Gasteiger charge is -1.98. The Hall–Kier alpha value is -3.46. The van der Waals surface area contributed by atoms with Crippen molar-refractivity contribution in [2.24, 2.45) is 12.0 Å². The zero-order valence-corrected chi connectivity index (χ0v) is 14.9. The largest absolute Gasteiger partial charge is 0.454 e. The van der Waals surface area contributed by atoms with Gasteiger partial charge in [0.15, 0.2) is 16.3 Å². The van der Waals surface area contributed by atoms with Gasteiger partial charge in [-0.2, -0.15) is 4.99 Å². The molecule has 0 saturated carbocycles. The van der Waals surface area contributed by atoms with Gasteiger partial charge in [-0.05, 0) is 23.8 Å². The highest BCUT2D eigenvalue weighted by Crippen LogP contribution is 2.36. The number of ether oxygens (including phenoxy) is 2. The standard InChI is InChI=1S/C18H13N3O5S/c1-20-13-8-14-15(26-10-25-14)9-16(13)27-18(20)19-17(22)7-4-11-2-5-12(6-3-11)21(23)24/h2-9H,10H2,1H3/b7-4-,19-18?. The fourth-order valence-corrected chi connectivity index (χ4v) is 3.66. The third-order valence-corrected chi connectivity index (χ3v) is 5.13. The number of hydrogen-bond donors (Lipinski definition) is 0. The molecule has 0 unspecified atom stereocenters. The van der Waals surface area contributed by atoms with Crippen LogP contribution in [0.1, 0.15) is 5.56 Å². The maximum atomic E-state index is 12.2. The van der Waals surface area contributed by atoms with Crippen LogP contribution < -0.4 is 14.3 Å². The van der Waals surface area contributed by atoms with Crippen molar-refractivity contribution in [3.8, 4) is 11.5 Å². The fourth-order valence-electron chi connectivity index (χ4n) is 2.63. The molecule has 0 saturated heterocycles. The molecule has 0 radical (unpaired) electrons. The summed E-state index contributed by atoms with van der Waals surface area (Å²) in [6.45, 7) is 0.208. The number of aromatic nitrogens is 1. The fraction of sp³-hybridized carbons (Fsp3) is 0.111. The first kappa shape index (κ1) is 17.0. The van der Waals surface area contributed by atoms with Gasteiger partial charge in [-0.15, -0.1) is 0 Å². The number of benzene rings is 2. The number of nitro benzene ring substituents is 1. The van der Waals surface area contributed by atoms with Crippen LogP contribution in [0.2, 0.25) is 0 Å². The molecule has 0 fully saturated rings. The highest BCUT2D eigenvalue weighted by Gasteiger charge is 2.16. The van der Waals surface area contributed by atoms with E-state index >= 15 is 0 Å². The summed E-state index contributed by atoms with van der Waals surface area (Å²) < 4.78 is 13.5. The van der Waals surface area contributed by atoms with Gasteiger partial charge >= 0.3 is 0 Å². The van der Waals surface area contributed by atoms with Crippen LogP contribution in [0, 0.1) is 10.1 Å². The Morgan fingerprint density at radius 3 is 2.67 bits per heavy atom. The average Bonchev–Trinajstić information content (AvgIpc) is 3.23. The topological polar surface area (TPSA) is 96.0 Å². The van der Waals surface area contributed by atoms with Gasteiger partial charge in [0.25, 0.3) is 11.6 Å². The van der Waals surface area contributed by atoms with E-state index in [1.54, 1.807) is 18.2 Å². The molecule has 1 aromatic heterocycles. The van der Waals surface area contributed by atoms with Crippen LogP contribution in [-0.4, -0.2) is 22.2 Å². The number of nitrogens with zero attached hydrogens (tertiary/aromatic N) is 3. The van der Waals surface area contributed by atoms with Gasteiger partial charge in [-0.1, -0.05) is 11.3 Å². The highest BCUT2D eigenvalue weighted by atomic mass is 32.1. The Labute approximate surface area is 156 Å². The summed E-state index contributed by atoms with van der Waals surface area (Å²) in [5.74, 6) is 0.933. The third kappa shape index (κ3) is 3.32. The number of aryl methyl sites for hydroxylation is 1. The molecule has 2 heterocycles. The maximum absolute atomic E-state index is 12.2. The summed E-state index contributed by atoms with van der Waals surface area (Å²) in [6, 6.07) is 9.65. The Morgan fingerprint density at radius 2 is 1.96 bits per heavy atom. The van der Waals surface area contributed by atoms with E-state index in [0.29, 0.717) is 21.9 Å². The molecule has 8 nitrogen and oxygen atoms in total. The second kappa shape index (κ2) is 6.69. The number of non-ortho nitro benzene ring substituents is 1. The van der Waals surface area contributed by atoms with Gasteiger partial charge in [0.1, 0.15) is 0 Å². The smallest absolute Gasteiger partial charge is 0.272 e. The third-order valence-electron chi connectivity index (χ3n) is 4.03. The van der Waals surface area contributed by atoms with Gasteiger partial charge in [0.2, 0.25) is 6.79 Å². The lowest BCUT2D eigenvalue weighted by molar-refractivity contribution is -0.384. The summed E-state index contributed by atoms with van der Waals surface area (Å²) in [5.41, 5.74) is 1.58. The average molecular weight is 383 g/mol. The number of fused-ring (bicyclic) bond motifs is 2. The van der Waals surface area contributed by atoms with Gasteiger partial charge in [0, 0.05) is 37.4 Å². The lowest BCUT2D eigenvalue weighted by atomic mass is 10.2. The van der Waals surface area contributed by atoms with Crippen LogP contribution in [0.15, 0.2) is 47.5 Å². The van der Waals surface area contributed by atoms with Gasteiger partial charge in [0.05, 0.1) is 15.1 Å². The molecule has 4 rings (SSSR count). The van der Waals surface area contributed by atoms with Crippen molar-refractivity contribution >= 4 is 39.2 Å². The van der Waals surface area contributed by atoms with Crippen LogP contribution in [-0.2, 0) is 11.8 Å². The Balaban J connectivity index is 1.60. The Bertz CT molecular complexity index is 1160. The number of hydrogen-bond acceptors (Lipinski definition) is 6. The van der Waals surface area contributed by atoms with Crippen molar-refractivity contribution in [2.45, 2.75) is 0 Å². The minimum absolute atomic E-state index is 0.000297. The summed E-state index contributed by atoms with van der Waals surface area (Å²) in [6.07, 6.45) is 2.90. The van der Waals surface area contributed by atoms with Gasteiger partial charge < -0.3 is 14.0 Å². The van der Waals surface area contributed by atoms with Crippen molar-refractivity contribution in [1.29, 1.82) is 0 Å². The molecule has 1 aliphatic heterocycles. The quantitative estimate of drug-likeness (QED) is 0.393. The Morgan fingerprint density at radius 1 is 1.26 bits per heavy atom. The molecule has 27 heavy (non-hydrogen) atoms. The van der Waals surface area contributed by atoms with E-state index in [9.17, 15) is 14.9 Å². The number of carbonyl (C=O) groups is 1. The predicted molar refractivity (Wildman–Crippen MR) is 99.6 cm³/mol. The van der Waals surface area contributed by atoms with E-state index in [1.165, 1.54) is 29.5 Å². The molecule has 1 aliphatic rings. The first-order valence-electron chi connectivity index (χ1n) is 7.92. The van der Waals surface area contributed by atoms with Crippen molar-refractivity contribution in [2.75, 3.05) is 6.79 Å². The van der Waals surface area contributed by atoms with E-state index in [2.05, 4.69) is 4.99 Å². The van der Waals surface area contributed by atoms with Crippen molar-refractivity contribution < 1.29 is 19.2 Å². The minimum atomic E-state index is -0.471. The highest BCUT2D eigenvalue weighted by molar-refractivity contribution is 7.16. The van der Waals surface area contributed by atoms with Crippen molar-refractivity contribution in [3.63, 3.8) is 0 Å². The summed E-state index contributed by atoms with van der Waals surface area (Å²) >= 11 is 1.38. The zero-order chi connectivity index (χ0) is 19.0. The molecule has 3 aromatic rings. The minimum Gasteiger partial charge on any atom is -0.454 e. The first-order valence-corrected chi connectivity index (χ1v) is 8.73. The predicted octanol–water partition coefficient (Wildman–Crippen LogP) is 3.02. The molecule has 9 heteroatoms. The molecule has 2 aromatic carbocycles. The van der Waals surface area contributed by atoms with E-state index in [1.807, 2.05) is 23.7 Å². The molecular formula is C18H13N3O5S. The number of amides is 1. The summed E-state index contributed by atoms with van der Waals surface area (Å²) in [5, 5.41) is 10.7. The lowest BCUT2D eigenvalue weighted by Crippen LogP contribution is -2.12. The number of thiazole rings is 1. The monoisotopic (exact) mass is 383 g/mol. The second-order valence-corrected chi connectivity index (χ2v) is 6.76. The Kier molecular flexibility index (Phi) is 4.21. The summed E-state index contributed by atoms with van der Waals surface area (Å²) in [7, 11) is 1.83. The molecule has 0 spiro atoms. The molecule has 0 aliphatic carbocycles. The van der Waals surface area contributed by atoms with Crippen molar-refractivity contribution in [1.82, 2.24) is 4.57 Å². The van der Waals surface area contributed by atoms with E-state index in [4.69, 9.17) is 9.47 Å². The molecular weight excluding hydrogens is 370 g/mol. The van der Waals surface area contributed by atoms with E-state index in [0.717, 1.165) is 10.2 Å². The molecule has 136 valence electrons. The van der Waals surface area contributed by atoms with E-state index < -0.39 is 10.8 Å². The number of rotatable bonds is 3. The zero-order valence-electron chi connectivity index (χ0n) is 14.1. The first-order chi connectivity index (χ1) is 13.0. The van der Waals surface area contributed by atoms with Crippen LogP contribution in [0.4, 0.5) is 5.69 Å². The van der Waals surface area contributed by atoms with Crippen molar-refractivity contribution in [3.05, 3.63) is 63.0 Å².